The number of nitrogens with zero attached hydrogens (tertiary/aromatic N) is 2. The van der Waals surface area contributed by atoms with E-state index in [1.165, 1.54) is 38.8 Å². The zero-order valence-corrected chi connectivity index (χ0v) is 11.9. The molecule has 2 unspecified atom stereocenters. The second-order valence-electron chi connectivity index (χ2n) is 6.20. The van der Waals surface area contributed by atoms with Crippen LogP contribution in [-0.4, -0.2) is 73.4 Å². The molecule has 2 aliphatic rings. The molecule has 2 atom stereocenters. The van der Waals surface area contributed by atoms with Gasteiger partial charge in [0.05, 0.1) is 6.61 Å². The largest absolute Gasteiger partial charge is 0.395 e. The molecule has 1 saturated carbocycles. The summed E-state index contributed by atoms with van der Waals surface area (Å²) in [5, 5.41) is 12.9. The molecule has 18 heavy (non-hydrogen) atoms. The topological polar surface area (TPSA) is 38.7 Å². The third kappa shape index (κ3) is 4.50. The van der Waals surface area contributed by atoms with Crippen molar-refractivity contribution < 1.29 is 5.11 Å². The van der Waals surface area contributed by atoms with Crippen molar-refractivity contribution in [2.75, 3.05) is 40.3 Å². The third-order valence-corrected chi connectivity index (χ3v) is 4.11. The summed E-state index contributed by atoms with van der Waals surface area (Å²) in [6, 6.07) is 1.72. The summed E-state index contributed by atoms with van der Waals surface area (Å²) in [4.78, 5) is 4.90. The number of nitrogens with one attached hydrogen (secondary N) is 1. The fourth-order valence-corrected chi connectivity index (χ4v) is 2.95. The summed E-state index contributed by atoms with van der Waals surface area (Å²) in [6.07, 6.45) is 6.33. The maximum absolute atomic E-state index is 9.40. The van der Waals surface area contributed by atoms with Gasteiger partial charge < -0.3 is 15.3 Å². The highest BCUT2D eigenvalue weighted by Crippen LogP contribution is 2.21. The molecule has 4 nitrogen and oxygen atoms in total. The second-order valence-corrected chi connectivity index (χ2v) is 6.20. The van der Waals surface area contributed by atoms with Crippen LogP contribution in [0.5, 0.6) is 0 Å². The van der Waals surface area contributed by atoms with E-state index in [9.17, 15) is 5.11 Å². The summed E-state index contributed by atoms with van der Waals surface area (Å²) in [7, 11) is 4.31. The molecule has 0 bridgehead atoms. The summed E-state index contributed by atoms with van der Waals surface area (Å²) < 4.78 is 0. The molecule has 4 heteroatoms. The van der Waals surface area contributed by atoms with Crippen LogP contribution in [0.15, 0.2) is 0 Å². The lowest BCUT2D eigenvalue weighted by atomic mass is 10.1. The first kappa shape index (κ1) is 14.3. The Labute approximate surface area is 111 Å². The standard InChI is InChI=1S/C14H29N3O/c1-16(2)10-14-4-3-8-17(14)9-7-13(11-18)15-12-5-6-12/h12-15,18H,3-11H2,1-2H3. The van der Waals surface area contributed by atoms with E-state index in [-0.39, 0.29) is 6.61 Å². The van der Waals surface area contributed by atoms with Crippen LogP contribution in [0.25, 0.3) is 0 Å². The number of hydrogen-bond donors (Lipinski definition) is 2. The highest BCUT2D eigenvalue weighted by atomic mass is 16.3. The second kappa shape index (κ2) is 6.85. The maximum atomic E-state index is 9.40. The van der Waals surface area contributed by atoms with E-state index in [1.54, 1.807) is 0 Å². The minimum Gasteiger partial charge on any atom is -0.395 e. The lowest BCUT2D eigenvalue weighted by Crippen LogP contribution is -2.42. The number of hydrogen-bond acceptors (Lipinski definition) is 4. The van der Waals surface area contributed by atoms with Gasteiger partial charge in [-0.15, -0.1) is 0 Å². The van der Waals surface area contributed by atoms with E-state index >= 15 is 0 Å². The Bertz CT molecular complexity index is 243. The van der Waals surface area contributed by atoms with Gasteiger partial charge >= 0.3 is 0 Å². The molecule has 1 aliphatic heterocycles. The Morgan fingerprint density at radius 3 is 2.72 bits per heavy atom. The fraction of sp³-hybridized carbons (Fsp3) is 1.00. The van der Waals surface area contributed by atoms with Crippen LogP contribution >= 0.6 is 0 Å². The van der Waals surface area contributed by atoms with Gasteiger partial charge in [0.15, 0.2) is 0 Å². The summed E-state index contributed by atoms with van der Waals surface area (Å²) in [5.74, 6) is 0. The van der Waals surface area contributed by atoms with Gasteiger partial charge in [-0.3, -0.25) is 4.90 Å². The normalized spacial score (nSPS) is 27.0. The van der Waals surface area contributed by atoms with Crippen molar-refractivity contribution >= 4 is 0 Å². The van der Waals surface area contributed by atoms with Crippen LogP contribution in [0.4, 0.5) is 0 Å². The molecule has 1 aliphatic carbocycles. The van der Waals surface area contributed by atoms with Crippen molar-refractivity contribution in [3.05, 3.63) is 0 Å². The lowest BCUT2D eigenvalue weighted by molar-refractivity contribution is 0.179. The molecule has 0 aromatic heterocycles. The number of aliphatic hydroxyl groups is 1. The first-order valence-corrected chi connectivity index (χ1v) is 7.44. The van der Waals surface area contributed by atoms with Gasteiger partial charge in [0.2, 0.25) is 0 Å². The molecule has 1 heterocycles. The van der Waals surface area contributed by atoms with Gasteiger partial charge in [-0.1, -0.05) is 0 Å². The zero-order valence-electron chi connectivity index (χ0n) is 11.9. The van der Waals surface area contributed by atoms with Crippen LogP contribution < -0.4 is 5.32 Å². The van der Waals surface area contributed by atoms with E-state index in [1.807, 2.05) is 0 Å². The molecule has 106 valence electrons. The van der Waals surface area contributed by atoms with Crippen LogP contribution in [0, 0.1) is 0 Å². The third-order valence-electron chi connectivity index (χ3n) is 4.11. The number of rotatable bonds is 8. The molecular weight excluding hydrogens is 226 g/mol. The molecule has 0 radical (unpaired) electrons. The fourth-order valence-electron chi connectivity index (χ4n) is 2.95. The Morgan fingerprint density at radius 2 is 2.11 bits per heavy atom. The van der Waals surface area contributed by atoms with Crippen molar-refractivity contribution in [1.82, 2.24) is 15.1 Å². The predicted octanol–water partition coefficient (Wildman–Crippen LogP) is 0.515. The number of likely N-dealkylation sites (N-methyl/N-ethyl adjacent to an activating group) is 1. The van der Waals surface area contributed by atoms with Gasteiger partial charge in [0.1, 0.15) is 0 Å². The lowest BCUT2D eigenvalue weighted by Gasteiger charge is -2.28. The molecule has 2 N–H and O–H groups in total. The van der Waals surface area contributed by atoms with Crippen LogP contribution in [0.1, 0.15) is 32.1 Å². The summed E-state index contributed by atoms with van der Waals surface area (Å²) in [5.41, 5.74) is 0. The first-order valence-electron chi connectivity index (χ1n) is 7.44. The van der Waals surface area contributed by atoms with Gasteiger partial charge in [-0.05, 0) is 52.7 Å². The SMILES string of the molecule is CN(C)CC1CCCN1CCC(CO)NC1CC1. The van der Waals surface area contributed by atoms with Crippen molar-refractivity contribution in [2.45, 2.75) is 50.2 Å². The van der Waals surface area contributed by atoms with Gasteiger partial charge in [0, 0.05) is 31.2 Å². The van der Waals surface area contributed by atoms with Gasteiger partial charge in [0.25, 0.3) is 0 Å². The number of aliphatic hydroxyl groups excluding tert-OH is 1. The molecule has 0 aromatic rings. The van der Waals surface area contributed by atoms with Crippen molar-refractivity contribution in [2.24, 2.45) is 0 Å². The predicted molar refractivity (Wildman–Crippen MR) is 74.8 cm³/mol. The quantitative estimate of drug-likeness (QED) is 0.663. The Hall–Kier alpha value is -0.160. The molecule has 2 rings (SSSR count). The van der Waals surface area contributed by atoms with E-state index in [0.717, 1.165) is 19.0 Å². The Morgan fingerprint density at radius 1 is 1.33 bits per heavy atom. The minimum absolute atomic E-state index is 0.280. The smallest absolute Gasteiger partial charge is 0.0585 e. The monoisotopic (exact) mass is 255 g/mol. The van der Waals surface area contributed by atoms with Crippen molar-refractivity contribution in [1.29, 1.82) is 0 Å². The average molecular weight is 255 g/mol. The van der Waals surface area contributed by atoms with Crippen LogP contribution in [0.3, 0.4) is 0 Å². The van der Waals surface area contributed by atoms with E-state index in [0.29, 0.717) is 12.1 Å². The highest BCUT2D eigenvalue weighted by Gasteiger charge is 2.27. The van der Waals surface area contributed by atoms with E-state index in [2.05, 4.69) is 29.2 Å². The average Bonchev–Trinajstić information content (AvgIpc) is 3.04. The van der Waals surface area contributed by atoms with Crippen molar-refractivity contribution in [3.8, 4) is 0 Å². The van der Waals surface area contributed by atoms with Crippen LogP contribution in [-0.2, 0) is 0 Å². The Kier molecular flexibility index (Phi) is 5.42. The molecule has 1 saturated heterocycles. The molecular formula is C14H29N3O. The maximum Gasteiger partial charge on any atom is 0.0585 e. The van der Waals surface area contributed by atoms with Gasteiger partial charge in [-0.2, -0.15) is 0 Å². The molecule has 0 spiro atoms. The van der Waals surface area contributed by atoms with Gasteiger partial charge in [-0.25, -0.2) is 0 Å². The van der Waals surface area contributed by atoms with Crippen LogP contribution in [0.2, 0.25) is 0 Å². The van der Waals surface area contributed by atoms with E-state index in [4.69, 9.17) is 0 Å². The molecule has 0 amide bonds. The zero-order chi connectivity index (χ0) is 13.0. The molecule has 2 fully saturated rings. The van der Waals surface area contributed by atoms with E-state index < -0.39 is 0 Å². The first-order chi connectivity index (χ1) is 8.69. The molecule has 0 aromatic carbocycles. The minimum atomic E-state index is 0.280. The summed E-state index contributed by atoms with van der Waals surface area (Å²) in [6.45, 7) is 3.81. The summed E-state index contributed by atoms with van der Waals surface area (Å²) >= 11 is 0. The number of likely N-dealkylation sites (tertiary alicyclic amines) is 1. The highest BCUT2D eigenvalue weighted by molar-refractivity contribution is 4.86. The van der Waals surface area contributed by atoms with Crippen molar-refractivity contribution in [3.63, 3.8) is 0 Å². The Balaban J connectivity index is 1.69.